The van der Waals surface area contributed by atoms with Crippen LogP contribution in [0, 0.1) is 20.8 Å². The van der Waals surface area contributed by atoms with Crippen molar-refractivity contribution in [2.45, 2.75) is 41.3 Å². The van der Waals surface area contributed by atoms with E-state index < -0.39 is 0 Å². The molecule has 2 aliphatic carbocycles. The van der Waals surface area contributed by atoms with Gasteiger partial charge in [-0.05, 0) is 24.0 Å². The van der Waals surface area contributed by atoms with Gasteiger partial charge in [0, 0.05) is 0 Å². The summed E-state index contributed by atoms with van der Waals surface area (Å²) in [4.78, 5) is 0. The van der Waals surface area contributed by atoms with Crippen molar-refractivity contribution in [2.24, 2.45) is 0 Å². The molecule has 5 aromatic carbocycles. The van der Waals surface area contributed by atoms with Gasteiger partial charge in [-0.2, -0.15) is 0 Å². The minimum absolute atomic E-state index is 0.190. The Morgan fingerprint density at radius 1 is 0.605 bits per heavy atom. The van der Waals surface area contributed by atoms with Gasteiger partial charge in [0.15, 0.2) is 0 Å². The maximum absolute atomic E-state index is 2.56. The standard InChI is InChI=1S/C16H14P.C14H14.C11H11.Ti/c1-12-6-2-5-9-15(12)17-16-11-10-13-7-3-4-8-14(13)16;1-3-7-13(8-4-1)11-12-14-9-5-2-6-10-14;1-8-6-7-9(2)11-5-3-4-10(8)11;/h2-11,17H,1H3;1-10H,11-12H2;3-7H,1-2H3;. The van der Waals surface area contributed by atoms with Crippen LogP contribution < -0.4 is 5.30 Å². The molecule has 0 fully saturated rings. The molecule has 2 aliphatic rings. The molecule has 0 heterocycles. The quantitative estimate of drug-likeness (QED) is 0.127. The summed E-state index contributed by atoms with van der Waals surface area (Å²) in [5, 5.41) is 1.51. The van der Waals surface area contributed by atoms with Gasteiger partial charge in [-0.15, -0.1) is 0 Å². The van der Waals surface area contributed by atoms with Gasteiger partial charge in [0.25, 0.3) is 0 Å². The minimum atomic E-state index is -0.354. The number of hydrogen-bond acceptors (Lipinski definition) is 0. The van der Waals surface area contributed by atoms with Crippen LogP contribution >= 0.6 is 8.58 Å². The van der Waals surface area contributed by atoms with Crippen molar-refractivity contribution in [3.05, 3.63) is 184 Å². The molecule has 0 nitrogen and oxygen atoms in total. The zero-order valence-corrected chi connectivity index (χ0v) is 27.9. The minimum Gasteiger partial charge on any atom is -0.0622 e. The maximum atomic E-state index is 2.56. The van der Waals surface area contributed by atoms with Gasteiger partial charge in [0.05, 0.1) is 0 Å². The Morgan fingerprint density at radius 3 is 1.91 bits per heavy atom. The van der Waals surface area contributed by atoms with Crippen LogP contribution in [0.2, 0.25) is 0 Å². The second-order valence-electron chi connectivity index (χ2n) is 11.6. The van der Waals surface area contributed by atoms with Gasteiger partial charge in [0.2, 0.25) is 0 Å². The van der Waals surface area contributed by atoms with E-state index in [2.05, 4.69) is 166 Å². The fraction of sp³-hybridized carbons (Fsp3) is 0.171. The molecule has 0 spiro atoms. The molecule has 2 heteroatoms. The summed E-state index contributed by atoms with van der Waals surface area (Å²) in [6.07, 6.45) is 12.1. The Bertz CT molecular complexity index is 1710. The fourth-order valence-corrected chi connectivity index (χ4v) is 12.1. The first-order chi connectivity index (χ1) is 21.0. The van der Waals surface area contributed by atoms with Gasteiger partial charge >= 0.3 is 185 Å². The van der Waals surface area contributed by atoms with Crippen LogP contribution in [-0.4, -0.2) is 0 Å². The van der Waals surface area contributed by atoms with Crippen LogP contribution in [0.15, 0.2) is 133 Å². The second kappa shape index (κ2) is 13.6. The van der Waals surface area contributed by atoms with E-state index >= 15 is 0 Å². The average molecular weight is 611 g/mol. The van der Waals surface area contributed by atoms with Crippen LogP contribution in [0.4, 0.5) is 0 Å². The summed E-state index contributed by atoms with van der Waals surface area (Å²) in [6.45, 7) is 6.80. The molecule has 0 bridgehead atoms. The van der Waals surface area contributed by atoms with Crippen molar-refractivity contribution in [3.63, 3.8) is 0 Å². The van der Waals surface area contributed by atoms with Gasteiger partial charge in [-0.25, -0.2) is 0 Å². The van der Waals surface area contributed by atoms with Gasteiger partial charge < -0.3 is 0 Å². The average Bonchev–Trinajstić information content (AvgIpc) is 3.63. The summed E-state index contributed by atoms with van der Waals surface area (Å²) in [6, 6.07) is 43.9. The monoisotopic (exact) mass is 610 g/mol. The number of allylic oxidation sites excluding steroid dienone is 2. The number of fused-ring (bicyclic) bond motifs is 2. The van der Waals surface area contributed by atoms with E-state index in [4.69, 9.17) is 0 Å². The van der Waals surface area contributed by atoms with Gasteiger partial charge in [-0.3, -0.25) is 0 Å². The van der Waals surface area contributed by atoms with Crippen molar-refractivity contribution in [1.82, 2.24) is 0 Å². The zero-order valence-electron chi connectivity index (χ0n) is 25.3. The predicted octanol–water partition coefficient (Wildman–Crippen LogP) is 10.1. The van der Waals surface area contributed by atoms with E-state index in [9.17, 15) is 0 Å². The molecule has 0 amide bonds. The zero-order chi connectivity index (χ0) is 29.6. The first-order valence-electron chi connectivity index (χ1n) is 15.3. The summed E-state index contributed by atoms with van der Waals surface area (Å²) >= 11 is -0.354. The normalized spacial score (nSPS) is 17.9. The fourth-order valence-electron chi connectivity index (χ4n) is 6.22. The summed E-state index contributed by atoms with van der Waals surface area (Å²) in [5.74, 6) is 0. The molecular weight excluding hydrogens is 571 g/mol. The number of benzene rings is 5. The third kappa shape index (κ3) is 6.79. The molecule has 43 heavy (non-hydrogen) atoms. The molecule has 212 valence electrons. The van der Waals surface area contributed by atoms with E-state index in [0.29, 0.717) is 4.22 Å². The SMILES string of the molecule is Cc1ccccc1P[C]1([Ti][CH]2C=Cc3c(C)ccc(C)c32)C=Cc2ccccc21.c1ccc(CCc2ccccc2)cc1. The Labute approximate surface area is 268 Å². The van der Waals surface area contributed by atoms with Crippen molar-refractivity contribution in [1.29, 1.82) is 0 Å². The van der Waals surface area contributed by atoms with E-state index in [-0.39, 0.29) is 22.6 Å². The Morgan fingerprint density at radius 2 is 1.21 bits per heavy atom. The van der Waals surface area contributed by atoms with E-state index in [0.717, 1.165) is 21.4 Å². The van der Waals surface area contributed by atoms with Crippen LogP contribution in [0.25, 0.3) is 12.2 Å². The Kier molecular flexibility index (Phi) is 9.40. The maximum Gasteiger partial charge on any atom is -0.0238 e. The van der Waals surface area contributed by atoms with Crippen molar-refractivity contribution < 1.29 is 19.2 Å². The molecule has 0 aromatic heterocycles. The van der Waals surface area contributed by atoms with Crippen LogP contribution in [-0.2, 0) is 35.5 Å². The van der Waals surface area contributed by atoms with E-state index in [1.54, 1.807) is 11.1 Å². The first kappa shape index (κ1) is 29.8. The molecular formula is C41H39PTi. The molecule has 5 aromatic rings. The van der Waals surface area contributed by atoms with Gasteiger partial charge in [0.1, 0.15) is 0 Å². The molecule has 3 atom stereocenters. The van der Waals surface area contributed by atoms with E-state index in [1.807, 2.05) is 0 Å². The summed E-state index contributed by atoms with van der Waals surface area (Å²) in [5.41, 5.74) is 13.1. The molecule has 0 radical (unpaired) electrons. The molecule has 7 rings (SSSR count). The van der Waals surface area contributed by atoms with Crippen molar-refractivity contribution in [2.75, 3.05) is 0 Å². The summed E-state index contributed by atoms with van der Waals surface area (Å²) < 4.78 is 0.785. The molecule has 3 unspecified atom stereocenters. The van der Waals surface area contributed by atoms with Crippen LogP contribution in [0.1, 0.15) is 54.3 Å². The van der Waals surface area contributed by atoms with Crippen molar-refractivity contribution in [3.8, 4) is 0 Å². The Balaban J connectivity index is 0.000000197. The smallest absolute Gasteiger partial charge is 0.0238 e. The second-order valence-corrected chi connectivity index (χ2v) is 16.7. The van der Waals surface area contributed by atoms with Gasteiger partial charge in [-0.1, -0.05) is 60.7 Å². The van der Waals surface area contributed by atoms with Crippen LogP contribution in [0.5, 0.6) is 0 Å². The Hall–Kier alpha value is -3.28. The largest absolute Gasteiger partial charge is 0.0622 e. The van der Waals surface area contributed by atoms with Crippen molar-refractivity contribution >= 4 is 26.0 Å². The molecule has 0 aliphatic heterocycles. The molecule has 0 saturated heterocycles. The molecule has 0 saturated carbocycles. The predicted molar refractivity (Wildman–Crippen MR) is 184 cm³/mol. The number of aryl methyl sites for hydroxylation is 5. The number of hydrogen-bond donors (Lipinski definition) is 0. The first-order valence-corrected chi connectivity index (χ1v) is 18.0. The van der Waals surface area contributed by atoms with E-state index in [1.165, 1.54) is 44.2 Å². The molecule has 0 N–H and O–H groups in total. The summed E-state index contributed by atoms with van der Waals surface area (Å²) in [7, 11) is 0.787. The van der Waals surface area contributed by atoms with Crippen LogP contribution in [0.3, 0.4) is 0 Å². The third-order valence-electron chi connectivity index (χ3n) is 8.64. The third-order valence-corrected chi connectivity index (χ3v) is 14.1. The number of rotatable bonds is 7. The topological polar surface area (TPSA) is 0 Å².